The minimum Gasteiger partial charge on any atom is -0.461 e. The minimum absolute atomic E-state index is 0.0629. The number of nitrogen functional groups attached to an aromatic ring is 1. The topological polar surface area (TPSA) is 109 Å². The lowest BCUT2D eigenvalue weighted by atomic mass is 9.74. The molecule has 9 nitrogen and oxygen atoms in total. The molecule has 11 heteroatoms. The van der Waals surface area contributed by atoms with Crippen molar-refractivity contribution >= 4 is 33.3 Å². The van der Waals surface area contributed by atoms with Crippen molar-refractivity contribution in [1.29, 1.82) is 5.26 Å². The number of nitrogens with two attached hydrogens (primary N) is 1. The highest BCUT2D eigenvalue weighted by Crippen LogP contribution is 2.53. The number of aryl methyl sites for hydroxylation is 1. The van der Waals surface area contributed by atoms with Gasteiger partial charge in [-0.05, 0) is 57.1 Å². The van der Waals surface area contributed by atoms with Crippen molar-refractivity contribution < 1.29 is 9.13 Å². The van der Waals surface area contributed by atoms with Crippen LogP contribution in [0.25, 0.3) is 11.2 Å². The molecule has 2 aliphatic carbocycles. The van der Waals surface area contributed by atoms with Crippen molar-refractivity contribution in [2.45, 2.75) is 74.5 Å². The third-order valence-corrected chi connectivity index (χ3v) is 10.9. The highest BCUT2D eigenvalue weighted by Gasteiger charge is 2.52. The number of rotatable bonds is 5. The number of halogens is 1. The number of nitriles is 1. The zero-order valence-corrected chi connectivity index (χ0v) is 22.1. The number of aromatic nitrogens is 4. The Balaban J connectivity index is 1.13. The maximum absolute atomic E-state index is 14.3. The molecular formula is C27H31FN8OS. The van der Waals surface area contributed by atoms with Crippen LogP contribution >= 0.6 is 11.3 Å². The van der Waals surface area contributed by atoms with Crippen LogP contribution in [0.15, 0.2) is 6.33 Å². The fourth-order valence-corrected chi connectivity index (χ4v) is 8.86. The lowest BCUT2D eigenvalue weighted by Gasteiger charge is -2.49. The van der Waals surface area contributed by atoms with E-state index in [4.69, 9.17) is 25.4 Å². The van der Waals surface area contributed by atoms with Crippen LogP contribution in [-0.2, 0) is 11.8 Å². The third-order valence-electron chi connectivity index (χ3n) is 9.85. The molecule has 1 saturated carbocycles. The summed E-state index contributed by atoms with van der Waals surface area (Å²) in [6, 6.07) is 3.12. The Hall–Kier alpha value is -2.97. The molecule has 6 heterocycles. The first kappa shape index (κ1) is 23.0. The van der Waals surface area contributed by atoms with Gasteiger partial charge in [-0.2, -0.15) is 15.2 Å². The smallest absolute Gasteiger partial charge is 0.320 e. The lowest BCUT2D eigenvalue weighted by molar-refractivity contribution is 0.107. The van der Waals surface area contributed by atoms with Gasteiger partial charge < -0.3 is 19.9 Å². The van der Waals surface area contributed by atoms with Crippen molar-refractivity contribution in [2.75, 3.05) is 43.4 Å². The average molecular weight is 535 g/mol. The number of nitrogens with zero attached hydrogens (tertiary/aromatic N) is 7. The van der Waals surface area contributed by atoms with E-state index in [0.717, 1.165) is 80.7 Å². The van der Waals surface area contributed by atoms with E-state index in [-0.39, 0.29) is 11.0 Å². The molecule has 0 aromatic carbocycles. The summed E-state index contributed by atoms with van der Waals surface area (Å²) in [5.41, 5.74) is 9.31. The van der Waals surface area contributed by atoms with Gasteiger partial charge in [0.05, 0.1) is 17.4 Å². The first-order chi connectivity index (χ1) is 18.5. The van der Waals surface area contributed by atoms with Gasteiger partial charge in [-0.3, -0.25) is 4.90 Å². The van der Waals surface area contributed by atoms with Gasteiger partial charge in [0.15, 0.2) is 17.0 Å². The zero-order chi connectivity index (χ0) is 25.6. The van der Waals surface area contributed by atoms with Gasteiger partial charge in [-0.15, -0.1) is 11.3 Å². The average Bonchev–Trinajstić information content (AvgIpc) is 3.62. The van der Waals surface area contributed by atoms with Crippen LogP contribution in [0.4, 0.5) is 15.2 Å². The van der Waals surface area contributed by atoms with Gasteiger partial charge >= 0.3 is 6.01 Å². The predicted molar refractivity (Wildman–Crippen MR) is 142 cm³/mol. The molecule has 3 aliphatic heterocycles. The summed E-state index contributed by atoms with van der Waals surface area (Å²) >= 11 is 1.57. The Labute approximate surface area is 224 Å². The fourth-order valence-electron chi connectivity index (χ4n) is 7.72. The predicted octanol–water partition coefficient (Wildman–Crippen LogP) is 3.73. The van der Waals surface area contributed by atoms with Crippen molar-refractivity contribution in [2.24, 2.45) is 0 Å². The Morgan fingerprint density at radius 2 is 2.11 bits per heavy atom. The number of ether oxygens (including phenoxy) is 1. The number of anilines is 2. The van der Waals surface area contributed by atoms with Crippen LogP contribution in [0.3, 0.4) is 0 Å². The van der Waals surface area contributed by atoms with Crippen LogP contribution in [-0.4, -0.2) is 68.9 Å². The molecule has 38 heavy (non-hydrogen) atoms. The summed E-state index contributed by atoms with van der Waals surface area (Å²) in [7, 11) is 0. The summed E-state index contributed by atoms with van der Waals surface area (Å²) in [4.78, 5) is 20.3. The quantitative estimate of drug-likeness (QED) is 0.528. The van der Waals surface area contributed by atoms with E-state index in [9.17, 15) is 9.65 Å². The monoisotopic (exact) mass is 534 g/mol. The zero-order valence-electron chi connectivity index (χ0n) is 21.3. The Kier molecular flexibility index (Phi) is 4.85. The molecule has 2 N–H and O–H groups in total. The van der Waals surface area contributed by atoms with E-state index in [1.54, 1.807) is 11.3 Å². The standard InChI is InChI=1S/C27H31FN8OS/c28-16-9-27(6-2-8-35(27)11-16)14-37-25-32-23(21-24(33-25)36(15-31-21)17-3-1-4-17)34-12-26(13-34)7-5-19-20(26)18(10-29)22(30)38-19/h15-17H,1-9,11-14,30H2/t16-,27+/m1/s1. The molecule has 8 rings (SSSR count). The van der Waals surface area contributed by atoms with E-state index < -0.39 is 6.17 Å². The molecule has 4 fully saturated rings. The molecule has 1 spiro atoms. The second-order valence-corrected chi connectivity index (χ2v) is 13.1. The normalized spacial score (nSPS) is 27.9. The molecule has 3 aromatic rings. The second kappa shape index (κ2) is 8.02. The maximum Gasteiger partial charge on any atom is 0.320 e. The van der Waals surface area contributed by atoms with Crippen LogP contribution in [0.1, 0.15) is 67.0 Å². The van der Waals surface area contributed by atoms with Crippen LogP contribution in [0.2, 0.25) is 0 Å². The highest BCUT2D eigenvalue weighted by atomic mass is 32.1. The van der Waals surface area contributed by atoms with Gasteiger partial charge in [0.25, 0.3) is 0 Å². The van der Waals surface area contributed by atoms with Gasteiger partial charge in [-0.1, -0.05) is 0 Å². The SMILES string of the molecule is N#Cc1c(N)sc2c1C1(CC2)CN(c2nc(OC[C@@]34CCCN3C[C@H](F)C4)nc3c2ncn3C2CCC2)C1. The van der Waals surface area contributed by atoms with E-state index in [0.29, 0.717) is 42.2 Å². The molecular weight excluding hydrogens is 503 g/mol. The van der Waals surface area contributed by atoms with Crippen molar-refractivity contribution in [1.82, 2.24) is 24.4 Å². The van der Waals surface area contributed by atoms with E-state index in [2.05, 4.69) is 20.4 Å². The molecule has 0 radical (unpaired) electrons. The summed E-state index contributed by atoms with van der Waals surface area (Å²) in [5.74, 6) is 0.791. The fraction of sp³-hybridized carbons (Fsp3) is 0.630. The minimum atomic E-state index is -0.795. The maximum atomic E-state index is 14.3. The first-order valence-electron chi connectivity index (χ1n) is 13.8. The highest BCUT2D eigenvalue weighted by molar-refractivity contribution is 7.16. The first-order valence-corrected chi connectivity index (χ1v) is 14.6. The Morgan fingerprint density at radius 3 is 2.89 bits per heavy atom. The molecule has 0 bridgehead atoms. The van der Waals surface area contributed by atoms with Gasteiger partial charge in [0.2, 0.25) is 0 Å². The molecule has 0 amide bonds. The number of imidazole rings is 1. The Morgan fingerprint density at radius 1 is 1.24 bits per heavy atom. The lowest BCUT2D eigenvalue weighted by Crippen LogP contribution is -2.59. The van der Waals surface area contributed by atoms with E-state index in [1.807, 2.05) is 6.33 Å². The van der Waals surface area contributed by atoms with Gasteiger partial charge in [0.1, 0.15) is 23.8 Å². The molecule has 198 valence electrons. The van der Waals surface area contributed by atoms with Crippen LogP contribution in [0.5, 0.6) is 6.01 Å². The molecule has 5 aliphatic rings. The van der Waals surface area contributed by atoms with Crippen molar-refractivity contribution in [3.63, 3.8) is 0 Å². The second-order valence-electron chi connectivity index (χ2n) is 12.0. The number of hydrogen-bond acceptors (Lipinski definition) is 9. The Bertz CT molecular complexity index is 1480. The molecule has 2 atom stereocenters. The summed E-state index contributed by atoms with van der Waals surface area (Å²) < 4.78 is 22.8. The molecule has 3 saturated heterocycles. The summed E-state index contributed by atoms with van der Waals surface area (Å²) in [5, 5.41) is 10.4. The summed E-state index contributed by atoms with van der Waals surface area (Å²) in [6.45, 7) is 3.38. The number of thiophene rings is 1. The summed E-state index contributed by atoms with van der Waals surface area (Å²) in [6.07, 6.45) is 9.11. The third kappa shape index (κ3) is 3.13. The number of alkyl halides is 1. The van der Waals surface area contributed by atoms with Crippen LogP contribution < -0.4 is 15.4 Å². The largest absolute Gasteiger partial charge is 0.461 e. The van der Waals surface area contributed by atoms with Crippen molar-refractivity contribution in [3.05, 3.63) is 22.3 Å². The van der Waals surface area contributed by atoms with Crippen molar-refractivity contribution in [3.8, 4) is 12.1 Å². The molecule has 0 unspecified atom stereocenters. The number of fused-ring (bicyclic) bond motifs is 4. The molecule has 3 aromatic heterocycles. The van der Waals surface area contributed by atoms with E-state index >= 15 is 0 Å². The van der Waals surface area contributed by atoms with E-state index in [1.165, 1.54) is 11.3 Å². The van der Waals surface area contributed by atoms with Gasteiger partial charge in [-0.25, -0.2) is 9.37 Å². The van der Waals surface area contributed by atoms with Crippen LogP contribution in [0, 0.1) is 11.3 Å². The number of hydrogen-bond donors (Lipinski definition) is 1. The van der Waals surface area contributed by atoms with Gasteiger partial charge in [0, 0.05) is 42.4 Å².